The fourth-order valence-electron chi connectivity index (χ4n) is 6.92. The molecule has 0 spiro atoms. The highest BCUT2D eigenvalue weighted by atomic mass is 32.1. The van der Waals surface area contributed by atoms with Crippen molar-refractivity contribution < 1.29 is 0 Å². The number of hydrogen-bond donors (Lipinski definition) is 0. The van der Waals surface area contributed by atoms with Crippen LogP contribution in [0.3, 0.4) is 0 Å². The van der Waals surface area contributed by atoms with Crippen LogP contribution in [0, 0.1) is 0 Å². The van der Waals surface area contributed by atoms with Crippen LogP contribution in [0.2, 0.25) is 0 Å². The summed E-state index contributed by atoms with van der Waals surface area (Å²) in [4.78, 5) is 19.9. The third-order valence-corrected chi connectivity index (χ3v) is 10.6. The number of nitrogens with zero attached hydrogens (tertiary/aromatic N) is 5. The first-order valence-electron chi connectivity index (χ1n) is 17.2. The predicted molar refractivity (Wildman–Crippen MR) is 215 cm³/mol. The summed E-state index contributed by atoms with van der Waals surface area (Å²) in [5.74, 6) is 1.92. The molecule has 0 aliphatic carbocycles. The van der Waals surface area contributed by atoms with Gasteiger partial charge in [-0.25, -0.2) is 19.9 Å². The summed E-state index contributed by atoms with van der Waals surface area (Å²) < 4.78 is 3.47. The van der Waals surface area contributed by atoms with Gasteiger partial charge in [-0.05, 0) is 52.6 Å². The molecule has 0 bridgehead atoms. The summed E-state index contributed by atoms with van der Waals surface area (Å²) in [5.41, 5.74) is 10.7. The summed E-state index contributed by atoms with van der Waals surface area (Å²) >= 11 is 1.72. The third kappa shape index (κ3) is 5.34. The van der Waals surface area contributed by atoms with Crippen LogP contribution in [0.5, 0.6) is 0 Å². The van der Waals surface area contributed by atoms with Gasteiger partial charge in [-0.15, -0.1) is 0 Å². The second kappa shape index (κ2) is 12.5. The Morgan fingerprint density at radius 1 is 0.346 bits per heavy atom. The molecule has 0 saturated carbocycles. The van der Waals surface area contributed by atoms with Crippen molar-refractivity contribution >= 4 is 43.4 Å². The molecule has 10 rings (SSSR count). The van der Waals surface area contributed by atoms with Crippen LogP contribution in [-0.4, -0.2) is 24.5 Å². The quantitative estimate of drug-likeness (QED) is 0.175. The van der Waals surface area contributed by atoms with Crippen LogP contribution in [0.4, 0.5) is 0 Å². The monoisotopic (exact) mass is 683 g/mol. The molecule has 7 aromatic carbocycles. The second-order valence-electron chi connectivity index (χ2n) is 12.7. The molecule has 3 heterocycles. The Labute approximate surface area is 304 Å². The molecular formula is C46H29N5S. The van der Waals surface area contributed by atoms with Crippen molar-refractivity contribution in [2.45, 2.75) is 0 Å². The standard InChI is InChI=1S/C46H29N5S/c1-3-11-30(12-4-1)31-19-23-34(24-20-31)44-48-43(33-13-5-2-6-14-33)49-45(50-44)35-25-21-32(22-26-35)36-27-28-41-38(29-36)37-15-7-9-17-40(37)51(41)46-47-39-16-8-10-18-42(39)52-46/h1-29H. The number of para-hydroxylation sites is 2. The van der Waals surface area contributed by atoms with Gasteiger partial charge in [0.25, 0.3) is 0 Å². The summed E-state index contributed by atoms with van der Waals surface area (Å²) in [6, 6.07) is 61.1. The van der Waals surface area contributed by atoms with E-state index in [1.807, 2.05) is 42.5 Å². The van der Waals surface area contributed by atoms with Crippen molar-refractivity contribution in [2.24, 2.45) is 0 Å². The predicted octanol–water partition coefficient (Wildman–Crippen LogP) is 11.9. The SMILES string of the molecule is c1ccc(-c2ccc(-c3nc(-c4ccccc4)nc(-c4ccc(-c5ccc6c(c5)c5ccccc5n6-c5nc6ccccc6s5)cc4)n3)cc2)cc1. The number of hydrogen-bond acceptors (Lipinski definition) is 5. The lowest BCUT2D eigenvalue weighted by molar-refractivity contribution is 1.07. The van der Waals surface area contributed by atoms with Crippen LogP contribution < -0.4 is 0 Å². The Kier molecular flexibility index (Phi) is 7.25. The Balaban J connectivity index is 1.03. The van der Waals surface area contributed by atoms with Gasteiger partial charge in [-0.3, -0.25) is 4.57 Å². The molecule has 3 aromatic heterocycles. The molecule has 244 valence electrons. The number of aromatic nitrogens is 5. The third-order valence-electron chi connectivity index (χ3n) is 9.54. The minimum atomic E-state index is 0.636. The molecule has 6 heteroatoms. The van der Waals surface area contributed by atoms with E-state index < -0.39 is 0 Å². The maximum absolute atomic E-state index is 5.01. The molecular weight excluding hydrogens is 655 g/mol. The summed E-state index contributed by atoms with van der Waals surface area (Å²) in [7, 11) is 0. The number of benzene rings is 7. The molecule has 0 saturated heterocycles. The van der Waals surface area contributed by atoms with E-state index in [1.54, 1.807) is 11.3 Å². The Morgan fingerprint density at radius 3 is 1.46 bits per heavy atom. The van der Waals surface area contributed by atoms with E-state index in [1.165, 1.54) is 21.0 Å². The van der Waals surface area contributed by atoms with Crippen LogP contribution in [0.1, 0.15) is 0 Å². The summed E-state index contributed by atoms with van der Waals surface area (Å²) in [6.07, 6.45) is 0. The van der Waals surface area contributed by atoms with E-state index in [0.29, 0.717) is 17.5 Å². The van der Waals surface area contributed by atoms with Gasteiger partial charge in [0, 0.05) is 27.5 Å². The molecule has 10 aromatic rings. The molecule has 5 nitrogen and oxygen atoms in total. The van der Waals surface area contributed by atoms with Crippen molar-refractivity contribution in [1.29, 1.82) is 0 Å². The van der Waals surface area contributed by atoms with Crippen molar-refractivity contribution in [2.75, 3.05) is 0 Å². The Morgan fingerprint density at radius 2 is 0.808 bits per heavy atom. The second-order valence-corrected chi connectivity index (χ2v) is 13.8. The number of thiazole rings is 1. The van der Waals surface area contributed by atoms with Crippen LogP contribution in [-0.2, 0) is 0 Å². The highest BCUT2D eigenvalue weighted by Gasteiger charge is 2.17. The minimum absolute atomic E-state index is 0.636. The molecule has 0 unspecified atom stereocenters. The van der Waals surface area contributed by atoms with Gasteiger partial charge in [0.15, 0.2) is 22.6 Å². The van der Waals surface area contributed by atoms with Crippen molar-refractivity contribution in [1.82, 2.24) is 24.5 Å². The first-order chi connectivity index (χ1) is 25.7. The lowest BCUT2D eigenvalue weighted by Crippen LogP contribution is -2.00. The zero-order chi connectivity index (χ0) is 34.4. The zero-order valence-electron chi connectivity index (χ0n) is 27.9. The fraction of sp³-hybridized carbons (Fsp3) is 0. The molecule has 0 radical (unpaired) electrons. The van der Waals surface area contributed by atoms with Crippen molar-refractivity contribution in [3.63, 3.8) is 0 Å². The summed E-state index contributed by atoms with van der Waals surface area (Å²) in [6.45, 7) is 0. The number of rotatable bonds is 6. The Bertz CT molecular complexity index is 2840. The highest BCUT2D eigenvalue weighted by Crippen LogP contribution is 2.37. The normalized spacial score (nSPS) is 11.5. The van der Waals surface area contributed by atoms with E-state index in [-0.39, 0.29) is 0 Å². The Hall–Kier alpha value is -6.76. The lowest BCUT2D eigenvalue weighted by atomic mass is 10.0. The molecule has 0 atom stereocenters. The van der Waals surface area contributed by atoms with E-state index in [9.17, 15) is 0 Å². The fourth-order valence-corrected chi connectivity index (χ4v) is 7.91. The number of fused-ring (bicyclic) bond motifs is 4. The van der Waals surface area contributed by atoms with Crippen molar-refractivity contribution in [3.8, 4) is 61.5 Å². The zero-order valence-corrected chi connectivity index (χ0v) is 28.7. The first kappa shape index (κ1) is 30.1. The maximum atomic E-state index is 5.01. The van der Waals surface area contributed by atoms with Crippen LogP contribution in [0.25, 0.3) is 93.6 Å². The average molecular weight is 684 g/mol. The van der Waals surface area contributed by atoms with E-state index in [0.717, 1.165) is 55.1 Å². The lowest BCUT2D eigenvalue weighted by Gasteiger charge is -2.10. The highest BCUT2D eigenvalue weighted by molar-refractivity contribution is 7.20. The maximum Gasteiger partial charge on any atom is 0.195 e. The van der Waals surface area contributed by atoms with Gasteiger partial charge in [-0.1, -0.05) is 157 Å². The van der Waals surface area contributed by atoms with Crippen molar-refractivity contribution in [3.05, 3.63) is 176 Å². The molecule has 0 amide bonds. The van der Waals surface area contributed by atoms with Gasteiger partial charge < -0.3 is 0 Å². The average Bonchev–Trinajstić information content (AvgIpc) is 3.80. The molecule has 0 aliphatic heterocycles. The molecule has 0 aliphatic rings. The topological polar surface area (TPSA) is 56.5 Å². The minimum Gasteiger partial charge on any atom is -0.285 e. The van der Waals surface area contributed by atoms with Gasteiger partial charge in [0.2, 0.25) is 0 Å². The van der Waals surface area contributed by atoms with Crippen LogP contribution >= 0.6 is 11.3 Å². The molecule has 0 fully saturated rings. The van der Waals surface area contributed by atoms with Gasteiger partial charge >= 0.3 is 0 Å². The molecule has 52 heavy (non-hydrogen) atoms. The van der Waals surface area contributed by atoms with Gasteiger partial charge in [0.05, 0.1) is 21.3 Å². The van der Waals surface area contributed by atoms with E-state index in [4.69, 9.17) is 19.9 Å². The van der Waals surface area contributed by atoms with Gasteiger partial charge in [-0.2, -0.15) is 0 Å². The van der Waals surface area contributed by atoms with E-state index >= 15 is 0 Å². The first-order valence-corrected chi connectivity index (χ1v) is 18.0. The van der Waals surface area contributed by atoms with Crippen LogP contribution in [0.15, 0.2) is 176 Å². The van der Waals surface area contributed by atoms with Gasteiger partial charge in [0.1, 0.15) is 0 Å². The summed E-state index contributed by atoms with van der Waals surface area (Å²) in [5, 5.41) is 3.38. The smallest absolute Gasteiger partial charge is 0.195 e. The molecule has 0 N–H and O–H groups in total. The van der Waals surface area contributed by atoms with E-state index in [2.05, 4.69) is 138 Å². The largest absolute Gasteiger partial charge is 0.285 e.